The molecule has 1 aliphatic heterocycles. The Hall–Kier alpha value is -1.85. The topological polar surface area (TPSA) is 69.3 Å². The lowest BCUT2D eigenvalue weighted by molar-refractivity contribution is -0.122. The van der Waals surface area contributed by atoms with E-state index in [0.29, 0.717) is 13.1 Å². The summed E-state index contributed by atoms with van der Waals surface area (Å²) in [4.78, 5) is 12.2. The van der Waals surface area contributed by atoms with Crippen molar-refractivity contribution in [3.05, 3.63) is 36.0 Å². The Morgan fingerprint density at radius 3 is 2.90 bits per heavy atom. The fourth-order valence-electron chi connectivity index (χ4n) is 2.76. The first kappa shape index (κ1) is 14.1. The lowest BCUT2D eigenvalue weighted by Gasteiger charge is -2.23. The quantitative estimate of drug-likeness (QED) is 0.893. The predicted octanol–water partition coefficient (Wildman–Crippen LogP) is 1.40. The zero-order chi connectivity index (χ0) is 14.7. The molecule has 1 amide bonds. The number of nitrogens with two attached hydrogens (primary N) is 1. The zero-order valence-electron chi connectivity index (χ0n) is 12.0. The second kappa shape index (κ2) is 6.28. The van der Waals surface area contributed by atoms with E-state index in [2.05, 4.69) is 11.4 Å². The van der Waals surface area contributed by atoms with E-state index in [1.54, 1.807) is 0 Å². The van der Waals surface area contributed by atoms with Crippen LogP contribution in [0.2, 0.25) is 0 Å². The van der Waals surface area contributed by atoms with Crippen molar-refractivity contribution in [2.24, 2.45) is 5.73 Å². The first-order valence-electron chi connectivity index (χ1n) is 7.41. The molecule has 0 radical (unpaired) electrons. The molecule has 0 bridgehead atoms. The predicted molar refractivity (Wildman–Crippen MR) is 81.8 cm³/mol. The molecule has 112 valence electrons. The number of nitrogens with zero attached hydrogens (tertiary/aromatic N) is 1. The second-order valence-electron chi connectivity index (χ2n) is 5.50. The van der Waals surface area contributed by atoms with Gasteiger partial charge in [0.15, 0.2) is 0 Å². The van der Waals surface area contributed by atoms with Crippen LogP contribution in [0.4, 0.5) is 0 Å². The number of benzene rings is 1. The van der Waals surface area contributed by atoms with Crippen molar-refractivity contribution in [3.8, 4) is 0 Å². The zero-order valence-corrected chi connectivity index (χ0v) is 12.0. The number of aromatic nitrogens is 1. The number of hydrogen-bond acceptors (Lipinski definition) is 3. The maximum absolute atomic E-state index is 12.2. The van der Waals surface area contributed by atoms with Crippen molar-refractivity contribution < 1.29 is 9.53 Å². The Bertz CT molecular complexity index is 629. The van der Waals surface area contributed by atoms with E-state index in [9.17, 15) is 4.79 Å². The summed E-state index contributed by atoms with van der Waals surface area (Å²) in [6, 6.07) is 8.39. The minimum absolute atomic E-state index is 0.0533. The molecular weight excluding hydrogens is 266 g/mol. The lowest BCUT2D eigenvalue weighted by atomic mass is 10.1. The summed E-state index contributed by atoms with van der Waals surface area (Å²) in [5, 5.41) is 4.22. The van der Waals surface area contributed by atoms with Crippen LogP contribution < -0.4 is 11.1 Å². The van der Waals surface area contributed by atoms with E-state index in [1.165, 1.54) is 0 Å². The molecule has 1 aromatic carbocycles. The SMILES string of the molecule is NCc1ccc2ccn(CC(=O)NC3CCOCC3)c2c1. The minimum atomic E-state index is 0.0533. The molecule has 5 nitrogen and oxygen atoms in total. The average Bonchev–Trinajstić information content (AvgIpc) is 2.90. The first-order chi connectivity index (χ1) is 10.3. The van der Waals surface area contributed by atoms with Crippen molar-refractivity contribution in [1.29, 1.82) is 0 Å². The number of carbonyl (C=O) groups excluding carboxylic acids is 1. The number of hydrogen-bond donors (Lipinski definition) is 2. The van der Waals surface area contributed by atoms with Crippen LogP contribution in [0, 0.1) is 0 Å². The highest BCUT2D eigenvalue weighted by atomic mass is 16.5. The van der Waals surface area contributed by atoms with E-state index in [4.69, 9.17) is 10.5 Å². The Balaban J connectivity index is 1.70. The van der Waals surface area contributed by atoms with E-state index in [-0.39, 0.29) is 11.9 Å². The Morgan fingerprint density at radius 2 is 2.14 bits per heavy atom. The molecule has 0 saturated carbocycles. The molecule has 2 aromatic rings. The van der Waals surface area contributed by atoms with Gasteiger partial charge < -0.3 is 20.4 Å². The van der Waals surface area contributed by atoms with Crippen molar-refractivity contribution >= 4 is 16.8 Å². The minimum Gasteiger partial charge on any atom is -0.381 e. The van der Waals surface area contributed by atoms with Crippen LogP contribution in [0.1, 0.15) is 18.4 Å². The summed E-state index contributed by atoms with van der Waals surface area (Å²) in [7, 11) is 0. The number of rotatable bonds is 4. The van der Waals surface area contributed by atoms with Gasteiger partial charge in [0, 0.05) is 37.5 Å². The maximum atomic E-state index is 12.2. The second-order valence-corrected chi connectivity index (χ2v) is 5.50. The van der Waals surface area contributed by atoms with Gasteiger partial charge in [0.05, 0.1) is 0 Å². The first-order valence-corrected chi connectivity index (χ1v) is 7.41. The molecule has 5 heteroatoms. The van der Waals surface area contributed by atoms with Gasteiger partial charge in [-0.2, -0.15) is 0 Å². The van der Waals surface area contributed by atoms with Gasteiger partial charge in [-0.3, -0.25) is 4.79 Å². The standard InChI is InChI=1S/C16H21N3O2/c17-10-12-1-2-13-3-6-19(15(13)9-12)11-16(20)18-14-4-7-21-8-5-14/h1-3,6,9,14H,4-5,7-8,10-11,17H2,(H,18,20). The van der Waals surface area contributed by atoms with Gasteiger partial charge in [-0.05, 0) is 35.9 Å². The van der Waals surface area contributed by atoms with Crippen molar-refractivity contribution in [2.75, 3.05) is 13.2 Å². The van der Waals surface area contributed by atoms with Crippen LogP contribution in [0.3, 0.4) is 0 Å². The van der Waals surface area contributed by atoms with Crippen molar-refractivity contribution in [1.82, 2.24) is 9.88 Å². The fraction of sp³-hybridized carbons (Fsp3) is 0.438. The van der Waals surface area contributed by atoms with Crippen LogP contribution >= 0.6 is 0 Å². The molecule has 21 heavy (non-hydrogen) atoms. The molecule has 3 rings (SSSR count). The van der Waals surface area contributed by atoms with Crippen LogP contribution in [-0.4, -0.2) is 29.7 Å². The van der Waals surface area contributed by atoms with Crippen LogP contribution in [-0.2, 0) is 22.6 Å². The van der Waals surface area contributed by atoms with Gasteiger partial charge >= 0.3 is 0 Å². The summed E-state index contributed by atoms with van der Waals surface area (Å²) < 4.78 is 7.28. The van der Waals surface area contributed by atoms with Crippen LogP contribution in [0.15, 0.2) is 30.5 Å². The summed E-state index contributed by atoms with van der Waals surface area (Å²) in [5.41, 5.74) is 7.82. The van der Waals surface area contributed by atoms with Gasteiger partial charge in [-0.15, -0.1) is 0 Å². The third kappa shape index (κ3) is 3.25. The number of amides is 1. The third-order valence-corrected chi connectivity index (χ3v) is 3.97. The monoisotopic (exact) mass is 287 g/mol. The Kier molecular flexibility index (Phi) is 4.22. The number of carbonyl (C=O) groups is 1. The van der Waals surface area contributed by atoms with Crippen molar-refractivity contribution in [3.63, 3.8) is 0 Å². The Morgan fingerprint density at radius 1 is 1.33 bits per heavy atom. The Labute approximate surface area is 124 Å². The van der Waals surface area contributed by atoms with Gasteiger partial charge in [0.2, 0.25) is 5.91 Å². The highest BCUT2D eigenvalue weighted by Crippen LogP contribution is 2.17. The van der Waals surface area contributed by atoms with Crippen molar-refractivity contribution in [2.45, 2.75) is 32.0 Å². The van der Waals surface area contributed by atoms with Crippen LogP contribution in [0.25, 0.3) is 10.9 Å². The van der Waals surface area contributed by atoms with E-state index in [1.807, 2.05) is 29.0 Å². The molecule has 0 unspecified atom stereocenters. The molecule has 0 aliphatic carbocycles. The molecule has 1 saturated heterocycles. The molecule has 1 aromatic heterocycles. The summed E-state index contributed by atoms with van der Waals surface area (Å²) in [5.74, 6) is 0.0533. The molecule has 3 N–H and O–H groups in total. The van der Waals surface area contributed by atoms with E-state index in [0.717, 1.165) is 42.5 Å². The normalized spacial score (nSPS) is 16.2. The summed E-state index contributed by atoms with van der Waals surface area (Å²) in [6.07, 6.45) is 3.75. The number of fused-ring (bicyclic) bond motifs is 1. The largest absolute Gasteiger partial charge is 0.381 e. The van der Waals surface area contributed by atoms with E-state index >= 15 is 0 Å². The average molecular weight is 287 g/mol. The van der Waals surface area contributed by atoms with Gasteiger partial charge in [-0.1, -0.05) is 12.1 Å². The number of ether oxygens (including phenoxy) is 1. The van der Waals surface area contributed by atoms with Gasteiger partial charge in [0.25, 0.3) is 0 Å². The smallest absolute Gasteiger partial charge is 0.240 e. The molecule has 0 atom stereocenters. The lowest BCUT2D eigenvalue weighted by Crippen LogP contribution is -2.40. The van der Waals surface area contributed by atoms with Gasteiger partial charge in [0.1, 0.15) is 6.54 Å². The summed E-state index contributed by atoms with van der Waals surface area (Å²) in [6.45, 7) is 2.32. The highest BCUT2D eigenvalue weighted by Gasteiger charge is 2.16. The number of nitrogens with one attached hydrogen (secondary N) is 1. The fourth-order valence-corrected chi connectivity index (χ4v) is 2.76. The molecule has 2 heterocycles. The van der Waals surface area contributed by atoms with Crippen LogP contribution in [0.5, 0.6) is 0 Å². The third-order valence-electron chi connectivity index (χ3n) is 3.97. The molecular formula is C16H21N3O2. The molecule has 1 fully saturated rings. The maximum Gasteiger partial charge on any atom is 0.240 e. The highest BCUT2D eigenvalue weighted by molar-refractivity contribution is 5.84. The van der Waals surface area contributed by atoms with E-state index < -0.39 is 0 Å². The summed E-state index contributed by atoms with van der Waals surface area (Å²) >= 11 is 0. The van der Waals surface area contributed by atoms with Gasteiger partial charge in [-0.25, -0.2) is 0 Å². The molecule has 0 spiro atoms. The molecule has 1 aliphatic rings.